The van der Waals surface area contributed by atoms with Gasteiger partial charge in [-0.2, -0.15) is 0 Å². The Morgan fingerprint density at radius 1 is 0.434 bits per heavy atom. The van der Waals surface area contributed by atoms with Crippen LogP contribution in [0.5, 0.6) is 0 Å². The zero-order valence-electron chi connectivity index (χ0n) is 30.9. The van der Waals surface area contributed by atoms with Gasteiger partial charge in [-0.15, -0.1) is 16.4 Å². The molecule has 1 aliphatic carbocycles. The summed E-state index contributed by atoms with van der Waals surface area (Å²) in [5.74, 6) is 0.977. The van der Waals surface area contributed by atoms with E-state index < -0.39 is 0 Å². The van der Waals surface area contributed by atoms with Crippen LogP contribution >= 0.6 is 0 Å². The van der Waals surface area contributed by atoms with Crippen LogP contribution < -0.4 is 27.3 Å². The van der Waals surface area contributed by atoms with Crippen LogP contribution in [-0.2, 0) is 6.42 Å². The number of hydrogen-bond acceptors (Lipinski definition) is 1. The van der Waals surface area contributed by atoms with Crippen molar-refractivity contribution in [3.63, 3.8) is 0 Å². The molecule has 9 aromatic rings. The van der Waals surface area contributed by atoms with Crippen molar-refractivity contribution in [2.45, 2.75) is 6.42 Å². The average Bonchev–Trinajstić information content (AvgIpc) is 3.81. The summed E-state index contributed by atoms with van der Waals surface area (Å²) in [7, 11) is 11.4. The number of fused-ring (bicyclic) bond motifs is 6. The fraction of sp³-hybridized carbons (Fsp3) is 0.0213. The summed E-state index contributed by atoms with van der Waals surface area (Å²) in [6.07, 6.45) is 5.24. The highest BCUT2D eigenvalue weighted by Gasteiger charge is 2.25. The van der Waals surface area contributed by atoms with Crippen LogP contribution in [0.3, 0.4) is 0 Å². The Morgan fingerprint density at radius 3 is 1.64 bits per heavy atom. The van der Waals surface area contributed by atoms with Gasteiger partial charge in [-0.05, 0) is 102 Å². The molecule has 0 saturated carbocycles. The predicted octanol–water partition coefficient (Wildman–Crippen LogP) is 4.42. The molecule has 0 bridgehead atoms. The molecule has 1 aliphatic rings. The van der Waals surface area contributed by atoms with E-state index in [2.05, 4.69) is 179 Å². The quantitative estimate of drug-likeness (QED) is 0.200. The Bertz CT molecular complexity index is 2940. The highest BCUT2D eigenvalue weighted by molar-refractivity contribution is 6.69. The van der Waals surface area contributed by atoms with Crippen LogP contribution in [-0.4, -0.2) is 39.2 Å². The van der Waals surface area contributed by atoms with E-state index in [1.165, 1.54) is 110 Å². The smallest absolute Gasteiger partial charge is 0.143 e. The first-order valence-electron chi connectivity index (χ1n) is 18.8. The minimum atomic E-state index is 0.874. The van der Waals surface area contributed by atoms with Crippen molar-refractivity contribution in [2.24, 2.45) is 0 Å². The number of allylic oxidation sites excluding steroid dienone is 1. The summed E-state index contributed by atoms with van der Waals surface area (Å²) in [5.41, 5.74) is 19.1. The summed E-state index contributed by atoms with van der Waals surface area (Å²) in [6, 6.07) is 47.1. The van der Waals surface area contributed by atoms with E-state index in [1.54, 1.807) is 0 Å². The summed E-state index contributed by atoms with van der Waals surface area (Å²) >= 11 is 0. The third kappa shape index (κ3) is 4.71. The van der Waals surface area contributed by atoms with Gasteiger partial charge in [0.2, 0.25) is 0 Å². The van der Waals surface area contributed by atoms with Crippen LogP contribution in [0.15, 0.2) is 138 Å². The van der Waals surface area contributed by atoms with Crippen molar-refractivity contribution in [3.8, 4) is 44.5 Å². The topological polar surface area (TPSA) is 13.1 Å². The maximum atomic E-state index is 6.71. The molecule has 244 valence electrons. The van der Waals surface area contributed by atoms with Crippen LogP contribution in [0.1, 0.15) is 11.3 Å². The van der Waals surface area contributed by atoms with Crippen molar-refractivity contribution in [2.75, 3.05) is 0 Å². The van der Waals surface area contributed by atoms with E-state index in [4.69, 9.17) is 4.42 Å². The lowest BCUT2D eigenvalue weighted by Gasteiger charge is -2.24. The van der Waals surface area contributed by atoms with Crippen LogP contribution in [0.2, 0.25) is 0 Å². The Labute approximate surface area is 314 Å². The minimum absolute atomic E-state index is 0.874. The molecule has 0 N–H and O–H groups in total. The molecule has 0 saturated heterocycles. The third-order valence-electron chi connectivity index (χ3n) is 12.3. The molecule has 1 heterocycles. The summed E-state index contributed by atoms with van der Waals surface area (Å²) in [4.78, 5) is 0. The predicted molar refractivity (Wildman–Crippen MR) is 244 cm³/mol. The minimum Gasteiger partial charge on any atom is -0.456 e. The van der Waals surface area contributed by atoms with Gasteiger partial charge in [-0.1, -0.05) is 126 Å². The monoisotopic (exact) mass is 670 g/mol. The number of benzene rings is 8. The third-order valence-corrected chi connectivity index (χ3v) is 12.3. The number of rotatable bonds is 4. The molecular formula is C47H35B5O. The molecule has 1 nitrogen and oxygen atoms in total. The van der Waals surface area contributed by atoms with Crippen molar-refractivity contribution < 1.29 is 4.42 Å². The van der Waals surface area contributed by atoms with Crippen LogP contribution in [0.4, 0.5) is 0 Å². The van der Waals surface area contributed by atoms with Gasteiger partial charge in [0.1, 0.15) is 50.6 Å². The van der Waals surface area contributed by atoms with Gasteiger partial charge in [0.15, 0.2) is 0 Å². The molecule has 0 aliphatic heterocycles. The van der Waals surface area contributed by atoms with Gasteiger partial charge in [-0.25, -0.2) is 0 Å². The highest BCUT2D eigenvalue weighted by Crippen LogP contribution is 2.48. The van der Waals surface area contributed by atoms with Gasteiger partial charge in [0, 0.05) is 16.5 Å². The lowest BCUT2D eigenvalue weighted by Crippen LogP contribution is -2.55. The molecule has 6 heteroatoms. The highest BCUT2D eigenvalue weighted by atomic mass is 16.3. The van der Waals surface area contributed by atoms with Crippen molar-refractivity contribution in [1.82, 2.24) is 0 Å². The molecule has 0 radical (unpaired) electrons. The zero-order valence-corrected chi connectivity index (χ0v) is 30.9. The Balaban J connectivity index is 1.31. The largest absolute Gasteiger partial charge is 0.456 e. The van der Waals surface area contributed by atoms with Crippen molar-refractivity contribution in [1.29, 1.82) is 0 Å². The summed E-state index contributed by atoms with van der Waals surface area (Å²) in [5, 5.41) is 8.82. The molecule has 1 aromatic heterocycles. The SMILES string of the molecule is Bc1c(B)c(B)c(-c2c3ccccc3c(-c3cc(-c4ccc(-c5ccccc5)c5oc6c(c45)CC=C6)c4ccccc4c3)c3ccccc23)c(B)c1B. The summed E-state index contributed by atoms with van der Waals surface area (Å²) in [6.45, 7) is 0. The van der Waals surface area contributed by atoms with E-state index in [-0.39, 0.29) is 0 Å². The van der Waals surface area contributed by atoms with E-state index in [0.29, 0.717) is 0 Å². The normalized spacial score (nSPS) is 12.4. The van der Waals surface area contributed by atoms with Gasteiger partial charge in [-0.3, -0.25) is 0 Å². The van der Waals surface area contributed by atoms with Gasteiger partial charge >= 0.3 is 0 Å². The van der Waals surface area contributed by atoms with Gasteiger partial charge in [0.25, 0.3) is 0 Å². The molecule has 0 amide bonds. The second-order valence-corrected chi connectivity index (χ2v) is 14.9. The molecule has 8 aromatic carbocycles. The van der Waals surface area contributed by atoms with Crippen LogP contribution in [0, 0.1) is 0 Å². The maximum Gasteiger partial charge on any atom is 0.143 e. The Morgan fingerprint density at radius 2 is 0.981 bits per heavy atom. The summed E-state index contributed by atoms with van der Waals surface area (Å²) < 4.78 is 6.71. The molecule has 53 heavy (non-hydrogen) atoms. The first-order chi connectivity index (χ1) is 25.9. The molecular weight excluding hydrogens is 635 g/mol. The van der Waals surface area contributed by atoms with Crippen molar-refractivity contribution >= 4 is 116 Å². The molecule has 10 rings (SSSR count). The fourth-order valence-electron chi connectivity index (χ4n) is 9.24. The van der Waals surface area contributed by atoms with Crippen LogP contribution in [0.25, 0.3) is 93.9 Å². The number of hydrogen-bond donors (Lipinski definition) is 0. The molecule has 0 atom stereocenters. The number of furan rings is 1. The van der Waals surface area contributed by atoms with Gasteiger partial charge in [0.05, 0.1) is 0 Å². The van der Waals surface area contributed by atoms with E-state index in [9.17, 15) is 0 Å². The van der Waals surface area contributed by atoms with Gasteiger partial charge < -0.3 is 4.42 Å². The maximum absolute atomic E-state index is 6.71. The van der Waals surface area contributed by atoms with E-state index in [0.717, 1.165) is 23.3 Å². The van der Waals surface area contributed by atoms with Crippen molar-refractivity contribution in [3.05, 3.63) is 145 Å². The molecule has 0 unspecified atom stereocenters. The lowest BCUT2D eigenvalue weighted by atomic mass is 9.59. The lowest BCUT2D eigenvalue weighted by molar-refractivity contribution is 0.603. The zero-order chi connectivity index (χ0) is 36.0. The second-order valence-electron chi connectivity index (χ2n) is 14.9. The Kier molecular flexibility index (Phi) is 7.27. The van der Waals surface area contributed by atoms with E-state index >= 15 is 0 Å². The molecule has 0 fully saturated rings. The first kappa shape index (κ1) is 31.8. The average molecular weight is 670 g/mol. The fourth-order valence-corrected chi connectivity index (χ4v) is 9.24. The first-order valence-corrected chi connectivity index (χ1v) is 18.8. The van der Waals surface area contributed by atoms with E-state index in [1.807, 2.05) is 0 Å². The standard InChI is InChI=1S/C47H35B5O/c48-42-41(43(49)45(51)46(52)44(42)50)39-32-17-8-6-15-30(32)38(31-16-7-9-18-33(31)39)27-23-26-13-4-5-14-28(26)36(24-27)34-22-21-29(25-11-2-1-3-12-25)47-40(34)35-19-10-20-37(35)53-47/h1-18,20-24H,19,48-52H2. The molecule has 0 spiro atoms. The second kappa shape index (κ2) is 12.1. The Hall–Kier alpha value is -5.86.